The SMILES string of the molecule is O=S(=O)=C1C=CC=CC1P(=O)(O)O. The molecule has 1 atom stereocenters. The Morgan fingerprint density at radius 1 is 1.31 bits per heavy atom. The summed E-state index contributed by atoms with van der Waals surface area (Å²) in [6, 6.07) is 0. The van der Waals surface area contributed by atoms with Crippen LogP contribution in [0.15, 0.2) is 24.3 Å². The Kier molecular flexibility index (Phi) is 2.87. The van der Waals surface area contributed by atoms with Crippen molar-refractivity contribution in [3.8, 4) is 0 Å². The van der Waals surface area contributed by atoms with Crippen molar-refractivity contribution >= 4 is 22.8 Å². The molecule has 1 aliphatic rings. The van der Waals surface area contributed by atoms with Crippen molar-refractivity contribution < 1.29 is 22.8 Å². The molecule has 0 saturated carbocycles. The minimum atomic E-state index is -4.42. The molecular formula is C6H7O5PS. The molecule has 1 aliphatic carbocycles. The molecule has 0 amide bonds. The standard InChI is InChI=1S/C6H7O5PS/c7-12(8,9)5-3-1-2-4-6(5)13(10)11/h1-5H,(H2,7,8,9). The summed E-state index contributed by atoms with van der Waals surface area (Å²) in [5.41, 5.74) is -1.34. The molecule has 0 radical (unpaired) electrons. The van der Waals surface area contributed by atoms with Gasteiger partial charge in [0.2, 0.25) is 10.3 Å². The maximum atomic E-state index is 10.8. The highest BCUT2D eigenvalue weighted by molar-refractivity contribution is 7.75. The number of allylic oxidation sites excluding steroid dienone is 4. The molecule has 0 spiro atoms. The summed E-state index contributed by atoms with van der Waals surface area (Å²) in [6.45, 7) is 0. The molecule has 0 aliphatic heterocycles. The van der Waals surface area contributed by atoms with E-state index in [-0.39, 0.29) is 4.86 Å². The van der Waals surface area contributed by atoms with E-state index in [0.717, 1.165) is 0 Å². The van der Waals surface area contributed by atoms with Gasteiger partial charge < -0.3 is 9.79 Å². The summed E-state index contributed by atoms with van der Waals surface area (Å²) in [5.74, 6) is 0. The van der Waals surface area contributed by atoms with E-state index in [2.05, 4.69) is 0 Å². The molecule has 5 nitrogen and oxygen atoms in total. The fourth-order valence-corrected chi connectivity index (χ4v) is 2.82. The Bertz CT molecular complexity index is 430. The second-order valence-electron chi connectivity index (χ2n) is 2.42. The van der Waals surface area contributed by atoms with Gasteiger partial charge in [0.15, 0.2) is 0 Å². The molecule has 0 bridgehead atoms. The highest BCUT2D eigenvalue weighted by atomic mass is 32.2. The molecule has 7 heteroatoms. The van der Waals surface area contributed by atoms with Crippen molar-refractivity contribution in [2.24, 2.45) is 0 Å². The molecular weight excluding hydrogens is 215 g/mol. The van der Waals surface area contributed by atoms with Crippen molar-refractivity contribution in [1.82, 2.24) is 0 Å². The van der Waals surface area contributed by atoms with Gasteiger partial charge in [-0.3, -0.25) is 4.57 Å². The van der Waals surface area contributed by atoms with E-state index < -0.39 is 23.5 Å². The Morgan fingerprint density at radius 2 is 1.92 bits per heavy atom. The van der Waals surface area contributed by atoms with Crippen LogP contribution in [0, 0.1) is 0 Å². The van der Waals surface area contributed by atoms with Gasteiger partial charge in [0.1, 0.15) is 5.66 Å². The maximum absolute atomic E-state index is 10.8. The highest BCUT2D eigenvalue weighted by Gasteiger charge is 2.31. The molecule has 0 aromatic heterocycles. The molecule has 0 saturated heterocycles. The van der Waals surface area contributed by atoms with Gasteiger partial charge >= 0.3 is 7.60 Å². The summed E-state index contributed by atoms with van der Waals surface area (Å²) in [5, 5.41) is 0. The van der Waals surface area contributed by atoms with Crippen LogP contribution < -0.4 is 0 Å². The van der Waals surface area contributed by atoms with Crippen LogP contribution in [0.5, 0.6) is 0 Å². The quantitative estimate of drug-likeness (QED) is 0.470. The van der Waals surface area contributed by atoms with E-state index in [9.17, 15) is 13.0 Å². The van der Waals surface area contributed by atoms with Gasteiger partial charge in [0, 0.05) is 0 Å². The summed E-state index contributed by atoms with van der Waals surface area (Å²) >= 11 is 0. The van der Waals surface area contributed by atoms with Crippen LogP contribution in [0.2, 0.25) is 0 Å². The van der Waals surface area contributed by atoms with Crippen molar-refractivity contribution in [2.75, 3.05) is 0 Å². The van der Waals surface area contributed by atoms with E-state index in [1.54, 1.807) is 0 Å². The third-order valence-electron chi connectivity index (χ3n) is 1.51. The lowest BCUT2D eigenvalue weighted by Crippen LogP contribution is -2.19. The first-order valence-electron chi connectivity index (χ1n) is 3.29. The van der Waals surface area contributed by atoms with Crippen molar-refractivity contribution in [3.63, 3.8) is 0 Å². The minimum absolute atomic E-state index is 0.282. The first-order valence-corrected chi connectivity index (χ1v) is 6.05. The predicted octanol–water partition coefficient (Wildman–Crippen LogP) is -0.290. The largest absolute Gasteiger partial charge is 0.337 e. The summed E-state index contributed by atoms with van der Waals surface area (Å²) < 4.78 is 31.9. The Labute approximate surface area is 76.1 Å². The molecule has 13 heavy (non-hydrogen) atoms. The zero-order valence-corrected chi connectivity index (χ0v) is 8.07. The van der Waals surface area contributed by atoms with Crippen LogP contribution in [0.3, 0.4) is 0 Å². The van der Waals surface area contributed by atoms with Crippen molar-refractivity contribution in [1.29, 1.82) is 0 Å². The van der Waals surface area contributed by atoms with Gasteiger partial charge in [-0.25, -0.2) is 0 Å². The van der Waals surface area contributed by atoms with Gasteiger partial charge in [0.25, 0.3) is 0 Å². The number of hydrogen-bond donors (Lipinski definition) is 2. The van der Waals surface area contributed by atoms with E-state index >= 15 is 0 Å². The summed E-state index contributed by atoms with van der Waals surface area (Å²) in [4.78, 5) is 17.3. The maximum Gasteiger partial charge on any atom is 0.337 e. The molecule has 0 aromatic carbocycles. The van der Waals surface area contributed by atoms with Crippen LogP contribution in [-0.4, -0.2) is 28.7 Å². The molecule has 0 heterocycles. The van der Waals surface area contributed by atoms with E-state index in [0.29, 0.717) is 0 Å². The lowest BCUT2D eigenvalue weighted by atomic mass is 10.2. The molecule has 1 rings (SSSR count). The van der Waals surface area contributed by atoms with Crippen LogP contribution in [0.25, 0.3) is 0 Å². The zero-order chi connectivity index (χ0) is 10.1. The normalized spacial score (nSPS) is 22.0. The van der Waals surface area contributed by atoms with Crippen molar-refractivity contribution in [3.05, 3.63) is 24.3 Å². The molecule has 0 fully saturated rings. The third kappa shape index (κ3) is 2.38. The molecule has 72 valence electrons. The molecule has 1 unspecified atom stereocenters. The van der Waals surface area contributed by atoms with Gasteiger partial charge in [-0.2, -0.15) is 8.42 Å². The van der Waals surface area contributed by atoms with Gasteiger partial charge in [-0.05, 0) is 6.08 Å². The van der Waals surface area contributed by atoms with Crippen LogP contribution in [-0.2, 0) is 14.9 Å². The minimum Gasteiger partial charge on any atom is -0.324 e. The van der Waals surface area contributed by atoms with E-state index in [1.165, 1.54) is 24.3 Å². The third-order valence-corrected chi connectivity index (χ3v) is 3.64. The first kappa shape index (κ1) is 10.4. The lowest BCUT2D eigenvalue weighted by Gasteiger charge is -2.14. The molecule has 2 N–H and O–H groups in total. The Balaban J connectivity index is 3.28. The van der Waals surface area contributed by atoms with Crippen LogP contribution in [0.4, 0.5) is 0 Å². The zero-order valence-electron chi connectivity index (χ0n) is 6.36. The van der Waals surface area contributed by atoms with Crippen LogP contribution in [0.1, 0.15) is 0 Å². The van der Waals surface area contributed by atoms with Crippen LogP contribution >= 0.6 is 7.60 Å². The van der Waals surface area contributed by atoms with Gasteiger partial charge in [-0.1, -0.05) is 18.2 Å². The van der Waals surface area contributed by atoms with E-state index in [4.69, 9.17) is 9.79 Å². The lowest BCUT2D eigenvalue weighted by molar-refractivity contribution is 0.372. The second-order valence-corrected chi connectivity index (χ2v) is 5.09. The fourth-order valence-electron chi connectivity index (χ4n) is 0.945. The number of rotatable bonds is 1. The summed E-state index contributed by atoms with van der Waals surface area (Å²) in [7, 11) is -7.01. The first-order chi connectivity index (χ1) is 5.93. The fraction of sp³-hybridized carbons (Fsp3) is 0.167. The molecule has 0 aromatic rings. The average molecular weight is 222 g/mol. The summed E-state index contributed by atoms with van der Waals surface area (Å²) in [6.07, 6.45) is 5.16. The smallest absolute Gasteiger partial charge is 0.324 e. The van der Waals surface area contributed by atoms with E-state index in [1.807, 2.05) is 0 Å². The number of hydrogen-bond acceptors (Lipinski definition) is 3. The highest BCUT2D eigenvalue weighted by Crippen LogP contribution is 2.43. The van der Waals surface area contributed by atoms with Gasteiger partial charge in [0.05, 0.1) is 4.86 Å². The monoisotopic (exact) mass is 222 g/mol. The topological polar surface area (TPSA) is 91.7 Å². The van der Waals surface area contributed by atoms with Gasteiger partial charge in [-0.15, -0.1) is 0 Å². The van der Waals surface area contributed by atoms with Crippen molar-refractivity contribution in [2.45, 2.75) is 5.66 Å². The second kappa shape index (κ2) is 3.59. The Morgan fingerprint density at radius 3 is 2.31 bits per heavy atom. The average Bonchev–Trinajstić information content (AvgIpc) is 2.03. The predicted molar refractivity (Wildman–Crippen MR) is 48.0 cm³/mol. The Hall–Kier alpha value is -0.680.